The molecule has 0 amide bonds. The van der Waals surface area contributed by atoms with E-state index in [4.69, 9.17) is 0 Å². The summed E-state index contributed by atoms with van der Waals surface area (Å²) in [6.07, 6.45) is 0. The fraction of sp³-hybridized carbons (Fsp3) is 0.273. The van der Waals surface area contributed by atoms with E-state index in [1.165, 1.54) is 5.56 Å². The van der Waals surface area contributed by atoms with Gasteiger partial charge in [0.25, 0.3) is 0 Å². The second-order valence-electron chi connectivity index (χ2n) is 3.62. The maximum atomic E-state index is 4.18. The van der Waals surface area contributed by atoms with Crippen molar-refractivity contribution in [1.29, 1.82) is 0 Å². The first-order chi connectivity index (χ1) is 7.63. The SMILES string of the molecule is CNc1nnc(-c2ccc(Br)cc2C)n1C. The second kappa shape index (κ2) is 4.25. The molecular weight excluding hydrogens is 268 g/mol. The van der Waals surface area contributed by atoms with E-state index in [1.807, 2.05) is 30.8 Å². The van der Waals surface area contributed by atoms with Gasteiger partial charge in [-0.1, -0.05) is 15.9 Å². The number of halogens is 1. The monoisotopic (exact) mass is 280 g/mol. The van der Waals surface area contributed by atoms with Crippen molar-refractivity contribution in [1.82, 2.24) is 14.8 Å². The van der Waals surface area contributed by atoms with Crippen LogP contribution in [0, 0.1) is 6.92 Å². The van der Waals surface area contributed by atoms with Crippen LogP contribution >= 0.6 is 15.9 Å². The normalized spacial score (nSPS) is 10.5. The van der Waals surface area contributed by atoms with Crippen molar-refractivity contribution >= 4 is 21.9 Å². The Bertz CT molecular complexity index is 519. The number of aryl methyl sites for hydroxylation is 1. The number of anilines is 1. The van der Waals surface area contributed by atoms with Crippen LogP contribution in [0.1, 0.15) is 5.56 Å². The zero-order valence-electron chi connectivity index (χ0n) is 9.45. The molecular formula is C11H13BrN4. The number of hydrogen-bond acceptors (Lipinski definition) is 3. The number of rotatable bonds is 2. The Hall–Kier alpha value is -1.36. The van der Waals surface area contributed by atoms with Gasteiger partial charge in [-0.05, 0) is 30.7 Å². The number of nitrogens with one attached hydrogen (secondary N) is 1. The van der Waals surface area contributed by atoms with Gasteiger partial charge in [0.05, 0.1) is 0 Å². The highest BCUT2D eigenvalue weighted by atomic mass is 79.9. The lowest BCUT2D eigenvalue weighted by molar-refractivity contribution is 0.924. The molecule has 2 rings (SSSR count). The minimum atomic E-state index is 0.761. The van der Waals surface area contributed by atoms with Crippen LogP contribution < -0.4 is 5.32 Å². The van der Waals surface area contributed by atoms with Gasteiger partial charge in [-0.15, -0.1) is 10.2 Å². The van der Waals surface area contributed by atoms with Crippen LogP contribution in [0.15, 0.2) is 22.7 Å². The second-order valence-corrected chi connectivity index (χ2v) is 4.53. The predicted octanol–water partition coefficient (Wildman–Crippen LogP) is 2.59. The van der Waals surface area contributed by atoms with Crippen LogP contribution in [0.3, 0.4) is 0 Å². The van der Waals surface area contributed by atoms with Crippen molar-refractivity contribution in [3.8, 4) is 11.4 Å². The molecule has 0 aliphatic carbocycles. The minimum absolute atomic E-state index is 0.761. The molecule has 16 heavy (non-hydrogen) atoms. The molecule has 2 aromatic rings. The van der Waals surface area contributed by atoms with Gasteiger partial charge in [-0.3, -0.25) is 4.57 Å². The van der Waals surface area contributed by atoms with Gasteiger partial charge < -0.3 is 5.32 Å². The third-order valence-corrected chi connectivity index (χ3v) is 3.02. The maximum absolute atomic E-state index is 4.18. The zero-order chi connectivity index (χ0) is 11.7. The standard InChI is InChI=1S/C11H13BrN4/c1-7-6-8(12)4-5-9(7)10-14-15-11(13-2)16(10)3/h4-6H,1-3H3,(H,13,15). The lowest BCUT2D eigenvalue weighted by Gasteiger charge is -2.06. The van der Waals surface area contributed by atoms with Crippen molar-refractivity contribution < 1.29 is 0 Å². The molecule has 0 aliphatic rings. The molecule has 1 N–H and O–H groups in total. The topological polar surface area (TPSA) is 42.7 Å². The molecule has 0 spiro atoms. The van der Waals surface area contributed by atoms with Gasteiger partial charge in [0, 0.05) is 24.1 Å². The van der Waals surface area contributed by atoms with Gasteiger partial charge in [-0.2, -0.15) is 0 Å². The fourth-order valence-electron chi connectivity index (χ4n) is 1.66. The quantitative estimate of drug-likeness (QED) is 0.920. The summed E-state index contributed by atoms with van der Waals surface area (Å²) in [7, 11) is 3.78. The largest absolute Gasteiger partial charge is 0.357 e. The summed E-state index contributed by atoms with van der Waals surface area (Å²) in [5, 5.41) is 11.2. The first-order valence-corrected chi connectivity index (χ1v) is 5.76. The molecule has 5 heteroatoms. The van der Waals surface area contributed by atoms with Gasteiger partial charge in [0.15, 0.2) is 5.82 Å². The number of aromatic nitrogens is 3. The predicted molar refractivity (Wildman–Crippen MR) is 68.4 cm³/mol. The van der Waals surface area contributed by atoms with Gasteiger partial charge >= 0.3 is 0 Å². The van der Waals surface area contributed by atoms with E-state index in [-0.39, 0.29) is 0 Å². The van der Waals surface area contributed by atoms with E-state index in [0.717, 1.165) is 21.8 Å². The summed E-state index contributed by atoms with van der Waals surface area (Å²) in [6.45, 7) is 2.06. The molecule has 0 atom stereocenters. The molecule has 0 saturated carbocycles. The summed E-state index contributed by atoms with van der Waals surface area (Å²) in [5.41, 5.74) is 2.27. The highest BCUT2D eigenvalue weighted by molar-refractivity contribution is 9.10. The first-order valence-electron chi connectivity index (χ1n) is 4.97. The Morgan fingerprint density at radius 1 is 1.31 bits per heavy atom. The lowest BCUT2D eigenvalue weighted by atomic mass is 10.1. The minimum Gasteiger partial charge on any atom is -0.357 e. The Morgan fingerprint density at radius 2 is 2.06 bits per heavy atom. The Morgan fingerprint density at radius 3 is 2.62 bits per heavy atom. The molecule has 0 aliphatic heterocycles. The molecule has 0 saturated heterocycles. The van der Waals surface area contributed by atoms with E-state index < -0.39 is 0 Å². The van der Waals surface area contributed by atoms with Crippen LogP contribution in [-0.4, -0.2) is 21.8 Å². The van der Waals surface area contributed by atoms with E-state index in [2.05, 4.69) is 44.4 Å². The van der Waals surface area contributed by atoms with Crippen molar-refractivity contribution in [2.75, 3.05) is 12.4 Å². The van der Waals surface area contributed by atoms with E-state index in [0.29, 0.717) is 0 Å². The molecule has 1 aromatic heterocycles. The van der Waals surface area contributed by atoms with Crippen molar-refractivity contribution in [3.63, 3.8) is 0 Å². The fourth-order valence-corrected chi connectivity index (χ4v) is 2.13. The number of nitrogens with zero attached hydrogens (tertiary/aromatic N) is 3. The summed E-state index contributed by atoms with van der Waals surface area (Å²) >= 11 is 3.45. The zero-order valence-corrected chi connectivity index (χ0v) is 11.0. The van der Waals surface area contributed by atoms with Crippen LogP contribution in [0.25, 0.3) is 11.4 Å². The summed E-state index contributed by atoms with van der Waals surface area (Å²) in [6, 6.07) is 6.13. The van der Waals surface area contributed by atoms with Gasteiger partial charge in [-0.25, -0.2) is 0 Å². The molecule has 1 aromatic carbocycles. The maximum Gasteiger partial charge on any atom is 0.224 e. The number of hydrogen-bond donors (Lipinski definition) is 1. The summed E-state index contributed by atoms with van der Waals surface area (Å²) in [5.74, 6) is 1.63. The summed E-state index contributed by atoms with van der Waals surface area (Å²) in [4.78, 5) is 0. The molecule has 0 fully saturated rings. The third-order valence-electron chi connectivity index (χ3n) is 2.53. The molecule has 0 unspecified atom stereocenters. The van der Waals surface area contributed by atoms with Crippen LogP contribution in [0.5, 0.6) is 0 Å². The Balaban J connectivity index is 2.54. The van der Waals surface area contributed by atoms with Gasteiger partial charge in [0.1, 0.15) is 0 Å². The van der Waals surface area contributed by atoms with E-state index in [9.17, 15) is 0 Å². The van der Waals surface area contributed by atoms with Crippen LogP contribution in [0.4, 0.5) is 5.95 Å². The van der Waals surface area contributed by atoms with E-state index in [1.54, 1.807) is 0 Å². The third kappa shape index (κ3) is 1.82. The lowest BCUT2D eigenvalue weighted by Crippen LogP contribution is -2.00. The Labute approximate surface area is 103 Å². The molecule has 0 radical (unpaired) electrons. The van der Waals surface area contributed by atoms with Crippen LogP contribution in [-0.2, 0) is 7.05 Å². The van der Waals surface area contributed by atoms with Crippen molar-refractivity contribution in [2.45, 2.75) is 6.92 Å². The van der Waals surface area contributed by atoms with Gasteiger partial charge in [0.2, 0.25) is 5.95 Å². The molecule has 84 valence electrons. The van der Waals surface area contributed by atoms with E-state index >= 15 is 0 Å². The highest BCUT2D eigenvalue weighted by Crippen LogP contribution is 2.25. The smallest absolute Gasteiger partial charge is 0.224 e. The van der Waals surface area contributed by atoms with Crippen molar-refractivity contribution in [2.24, 2.45) is 7.05 Å². The molecule has 0 bridgehead atoms. The average molecular weight is 281 g/mol. The summed E-state index contributed by atoms with van der Waals surface area (Å²) < 4.78 is 3.01. The molecule has 4 nitrogen and oxygen atoms in total. The van der Waals surface area contributed by atoms with Crippen LogP contribution in [0.2, 0.25) is 0 Å². The average Bonchev–Trinajstić information content (AvgIpc) is 2.60. The van der Waals surface area contributed by atoms with Crippen molar-refractivity contribution in [3.05, 3.63) is 28.2 Å². The number of benzene rings is 1. The first kappa shape index (κ1) is 11.1. The molecule has 1 heterocycles. The highest BCUT2D eigenvalue weighted by Gasteiger charge is 2.11. The Kier molecular flexibility index (Phi) is 2.96.